The second-order valence-corrected chi connectivity index (χ2v) is 6.10. The Morgan fingerprint density at radius 3 is 2.59 bits per heavy atom. The van der Waals surface area contributed by atoms with Gasteiger partial charge in [0.25, 0.3) is 0 Å². The molecule has 0 atom stereocenters. The van der Waals surface area contributed by atoms with Crippen LogP contribution in [0.2, 0.25) is 0 Å². The summed E-state index contributed by atoms with van der Waals surface area (Å²) in [4.78, 5) is 30.8. The molecule has 3 heterocycles. The Bertz CT molecular complexity index is 594. The van der Waals surface area contributed by atoms with Gasteiger partial charge in [-0.05, 0) is 36.5 Å². The molecular formula is C16H21N3O3. The SMILES string of the molecule is CC(=O)N1CCC(N2CCc3cc(C(=O)O)ncc3C2)CC1. The van der Waals surface area contributed by atoms with E-state index in [0.29, 0.717) is 6.04 Å². The van der Waals surface area contributed by atoms with Gasteiger partial charge in [-0.25, -0.2) is 9.78 Å². The number of aromatic carboxylic acids is 1. The third-order valence-electron chi connectivity index (χ3n) is 4.77. The van der Waals surface area contributed by atoms with Crippen molar-refractivity contribution in [3.8, 4) is 0 Å². The van der Waals surface area contributed by atoms with Crippen LogP contribution in [-0.2, 0) is 17.8 Å². The van der Waals surface area contributed by atoms with E-state index in [2.05, 4.69) is 9.88 Å². The summed E-state index contributed by atoms with van der Waals surface area (Å²) in [5.41, 5.74) is 2.36. The third kappa shape index (κ3) is 2.97. The summed E-state index contributed by atoms with van der Waals surface area (Å²) < 4.78 is 0. The third-order valence-corrected chi connectivity index (χ3v) is 4.77. The highest BCUT2D eigenvalue weighted by atomic mass is 16.4. The molecule has 1 fully saturated rings. The van der Waals surface area contributed by atoms with Crippen LogP contribution < -0.4 is 0 Å². The number of likely N-dealkylation sites (tertiary alicyclic amines) is 1. The van der Waals surface area contributed by atoms with Gasteiger partial charge in [0.1, 0.15) is 5.69 Å². The zero-order chi connectivity index (χ0) is 15.7. The number of fused-ring (bicyclic) bond motifs is 1. The van der Waals surface area contributed by atoms with E-state index in [9.17, 15) is 9.59 Å². The molecule has 0 aliphatic carbocycles. The Balaban J connectivity index is 1.65. The summed E-state index contributed by atoms with van der Waals surface area (Å²) in [6.07, 6.45) is 4.59. The first kappa shape index (κ1) is 15.0. The Morgan fingerprint density at radius 2 is 1.95 bits per heavy atom. The van der Waals surface area contributed by atoms with Crippen LogP contribution in [0.25, 0.3) is 0 Å². The van der Waals surface area contributed by atoms with Crippen LogP contribution in [0, 0.1) is 0 Å². The Labute approximate surface area is 129 Å². The van der Waals surface area contributed by atoms with Crippen molar-refractivity contribution in [3.63, 3.8) is 0 Å². The number of pyridine rings is 1. The summed E-state index contributed by atoms with van der Waals surface area (Å²) in [5, 5.41) is 9.01. The average molecular weight is 303 g/mol. The molecule has 6 nitrogen and oxygen atoms in total. The van der Waals surface area contributed by atoms with Crippen molar-refractivity contribution in [1.29, 1.82) is 0 Å². The van der Waals surface area contributed by atoms with E-state index in [-0.39, 0.29) is 11.6 Å². The molecule has 2 aliphatic rings. The topological polar surface area (TPSA) is 73.7 Å². The molecule has 1 N–H and O–H groups in total. The summed E-state index contributed by atoms with van der Waals surface area (Å²) in [6.45, 7) is 5.07. The molecule has 1 saturated heterocycles. The predicted molar refractivity (Wildman–Crippen MR) is 80.6 cm³/mol. The lowest BCUT2D eigenvalue weighted by Gasteiger charge is -2.40. The molecule has 6 heteroatoms. The van der Waals surface area contributed by atoms with Crippen molar-refractivity contribution in [2.75, 3.05) is 19.6 Å². The van der Waals surface area contributed by atoms with Crippen LogP contribution in [0.4, 0.5) is 0 Å². The smallest absolute Gasteiger partial charge is 0.354 e. The van der Waals surface area contributed by atoms with Crippen LogP contribution >= 0.6 is 0 Å². The van der Waals surface area contributed by atoms with Gasteiger partial charge in [-0.2, -0.15) is 0 Å². The number of hydrogen-bond acceptors (Lipinski definition) is 4. The Hall–Kier alpha value is -1.95. The van der Waals surface area contributed by atoms with Gasteiger partial charge < -0.3 is 10.0 Å². The van der Waals surface area contributed by atoms with Crippen molar-refractivity contribution in [2.24, 2.45) is 0 Å². The van der Waals surface area contributed by atoms with Crippen LogP contribution in [-0.4, -0.2) is 57.4 Å². The maximum absolute atomic E-state index is 11.4. The summed E-state index contributed by atoms with van der Waals surface area (Å²) in [5.74, 6) is -0.810. The fourth-order valence-corrected chi connectivity index (χ4v) is 3.44. The van der Waals surface area contributed by atoms with E-state index in [4.69, 9.17) is 5.11 Å². The molecule has 0 saturated carbocycles. The molecule has 1 amide bonds. The van der Waals surface area contributed by atoms with Crippen molar-refractivity contribution >= 4 is 11.9 Å². The molecule has 1 aromatic heterocycles. The summed E-state index contributed by atoms with van der Waals surface area (Å²) >= 11 is 0. The van der Waals surface area contributed by atoms with Crippen LogP contribution in [0.15, 0.2) is 12.3 Å². The minimum absolute atomic E-state index is 0.127. The van der Waals surface area contributed by atoms with Crippen molar-refractivity contribution in [1.82, 2.24) is 14.8 Å². The first-order chi connectivity index (χ1) is 10.5. The number of carbonyl (C=O) groups is 2. The van der Waals surface area contributed by atoms with E-state index >= 15 is 0 Å². The zero-order valence-corrected chi connectivity index (χ0v) is 12.8. The Kier molecular flexibility index (Phi) is 4.11. The number of amides is 1. The van der Waals surface area contributed by atoms with Crippen LogP contribution in [0.5, 0.6) is 0 Å². The minimum Gasteiger partial charge on any atom is -0.477 e. The second-order valence-electron chi connectivity index (χ2n) is 6.10. The molecule has 0 bridgehead atoms. The number of hydrogen-bond donors (Lipinski definition) is 1. The molecule has 0 spiro atoms. The van der Waals surface area contributed by atoms with Gasteiger partial charge in [-0.15, -0.1) is 0 Å². The fourth-order valence-electron chi connectivity index (χ4n) is 3.44. The van der Waals surface area contributed by atoms with Crippen LogP contribution in [0.3, 0.4) is 0 Å². The Morgan fingerprint density at radius 1 is 1.23 bits per heavy atom. The summed E-state index contributed by atoms with van der Waals surface area (Å²) in [6, 6.07) is 2.20. The highest BCUT2D eigenvalue weighted by molar-refractivity contribution is 5.85. The largest absolute Gasteiger partial charge is 0.477 e. The number of aromatic nitrogens is 1. The number of carboxylic acid groups (broad SMARTS) is 1. The lowest BCUT2D eigenvalue weighted by Crippen LogP contribution is -2.47. The predicted octanol–water partition coefficient (Wildman–Crippen LogP) is 1.15. The van der Waals surface area contributed by atoms with E-state index in [1.807, 2.05) is 4.90 Å². The number of carboxylic acids is 1. The molecule has 22 heavy (non-hydrogen) atoms. The van der Waals surface area contributed by atoms with E-state index in [1.165, 1.54) is 0 Å². The van der Waals surface area contributed by atoms with Gasteiger partial charge >= 0.3 is 5.97 Å². The van der Waals surface area contributed by atoms with Crippen molar-refractivity contribution in [3.05, 3.63) is 29.1 Å². The van der Waals surface area contributed by atoms with Gasteiger partial charge in [0.15, 0.2) is 0 Å². The monoisotopic (exact) mass is 303 g/mol. The lowest BCUT2D eigenvalue weighted by atomic mass is 9.96. The lowest BCUT2D eigenvalue weighted by molar-refractivity contribution is -0.130. The number of nitrogens with zero attached hydrogens (tertiary/aromatic N) is 3. The first-order valence-electron chi connectivity index (χ1n) is 7.75. The second kappa shape index (κ2) is 6.04. The van der Waals surface area contributed by atoms with Gasteiger partial charge in [-0.1, -0.05) is 0 Å². The fraction of sp³-hybridized carbons (Fsp3) is 0.562. The molecule has 1 aromatic rings. The van der Waals surface area contributed by atoms with Crippen LogP contribution in [0.1, 0.15) is 41.4 Å². The zero-order valence-electron chi connectivity index (χ0n) is 12.8. The standard InChI is InChI=1S/C16H21N3O3/c1-11(20)18-6-3-14(4-7-18)19-5-2-12-8-15(16(21)22)17-9-13(12)10-19/h8-9,14H,2-7,10H2,1H3,(H,21,22). The van der Waals surface area contributed by atoms with Crippen molar-refractivity contribution < 1.29 is 14.7 Å². The highest BCUT2D eigenvalue weighted by Gasteiger charge is 2.28. The number of piperidine rings is 1. The summed E-state index contributed by atoms with van der Waals surface area (Å²) in [7, 11) is 0. The quantitative estimate of drug-likeness (QED) is 0.887. The molecule has 118 valence electrons. The highest BCUT2D eigenvalue weighted by Crippen LogP contribution is 2.25. The van der Waals surface area contributed by atoms with Gasteiger partial charge in [0.05, 0.1) is 0 Å². The molecule has 0 radical (unpaired) electrons. The average Bonchev–Trinajstić information content (AvgIpc) is 2.54. The molecule has 2 aliphatic heterocycles. The molecule has 0 aromatic carbocycles. The molecule has 3 rings (SSSR count). The number of rotatable bonds is 2. The number of carbonyl (C=O) groups excluding carboxylic acids is 1. The van der Waals surface area contributed by atoms with Gasteiger partial charge in [-0.3, -0.25) is 9.69 Å². The maximum atomic E-state index is 11.4. The maximum Gasteiger partial charge on any atom is 0.354 e. The van der Waals surface area contributed by atoms with Gasteiger partial charge in [0.2, 0.25) is 5.91 Å². The van der Waals surface area contributed by atoms with E-state index in [1.54, 1.807) is 19.2 Å². The molecular weight excluding hydrogens is 282 g/mol. The van der Waals surface area contributed by atoms with E-state index < -0.39 is 5.97 Å². The van der Waals surface area contributed by atoms with Gasteiger partial charge in [0, 0.05) is 45.3 Å². The first-order valence-corrected chi connectivity index (χ1v) is 7.75. The van der Waals surface area contributed by atoms with Crippen molar-refractivity contribution in [2.45, 2.75) is 38.8 Å². The molecule has 0 unspecified atom stereocenters. The minimum atomic E-state index is -0.971. The van der Waals surface area contributed by atoms with E-state index in [0.717, 1.165) is 56.6 Å². The normalized spacial score (nSPS) is 19.8.